The average Bonchev–Trinajstić information content (AvgIpc) is 2.07. The molecule has 0 spiro atoms. The van der Waals surface area contributed by atoms with Gasteiger partial charge in [0.05, 0.1) is 6.42 Å². The molecule has 0 saturated carbocycles. The molecule has 0 aliphatic carbocycles. The van der Waals surface area contributed by atoms with E-state index in [0.29, 0.717) is 12.0 Å². The number of hydrogen-bond donors (Lipinski definition) is 1. The lowest BCUT2D eigenvalue weighted by molar-refractivity contribution is -0.136. The van der Waals surface area contributed by atoms with Gasteiger partial charge < -0.3 is 5.11 Å². The molecule has 0 radical (unpaired) electrons. The Bertz CT molecular complexity index is 341. The van der Waals surface area contributed by atoms with Crippen LogP contribution in [0.15, 0.2) is 36.4 Å². The lowest BCUT2D eigenvalue weighted by Crippen LogP contribution is -1.99. The van der Waals surface area contributed by atoms with Gasteiger partial charge in [0, 0.05) is 0 Å². The Morgan fingerprint density at radius 1 is 1.36 bits per heavy atom. The summed E-state index contributed by atoms with van der Waals surface area (Å²) in [7, 11) is 0. The van der Waals surface area contributed by atoms with Crippen molar-refractivity contribution in [3.8, 4) is 0 Å². The highest BCUT2D eigenvalue weighted by atomic mass is 19.1. The zero-order valence-corrected chi connectivity index (χ0v) is 7.66. The van der Waals surface area contributed by atoms with Crippen LogP contribution < -0.4 is 0 Å². The SMILES string of the molecule is C=C(CC(=O)O)Cc1ccc(F)cc1. The molecule has 1 N–H and O–H groups in total. The Morgan fingerprint density at radius 2 is 1.93 bits per heavy atom. The number of halogens is 1. The number of carboxylic acids is 1. The van der Waals surface area contributed by atoms with Gasteiger partial charge in [-0.3, -0.25) is 4.79 Å². The fraction of sp³-hybridized carbons (Fsp3) is 0.182. The van der Waals surface area contributed by atoms with Crippen molar-refractivity contribution in [1.29, 1.82) is 0 Å². The van der Waals surface area contributed by atoms with Gasteiger partial charge in [-0.25, -0.2) is 4.39 Å². The van der Waals surface area contributed by atoms with Crippen molar-refractivity contribution in [2.75, 3.05) is 0 Å². The molecule has 0 bridgehead atoms. The highest BCUT2D eigenvalue weighted by Gasteiger charge is 2.02. The highest BCUT2D eigenvalue weighted by molar-refractivity contribution is 5.69. The summed E-state index contributed by atoms with van der Waals surface area (Å²) in [6.45, 7) is 3.64. The van der Waals surface area contributed by atoms with Crippen LogP contribution in [0, 0.1) is 5.82 Å². The Kier molecular flexibility index (Phi) is 3.40. The van der Waals surface area contributed by atoms with Crippen LogP contribution in [0.2, 0.25) is 0 Å². The summed E-state index contributed by atoms with van der Waals surface area (Å²) < 4.78 is 12.5. The molecule has 0 aromatic heterocycles. The van der Waals surface area contributed by atoms with Crippen LogP contribution in [0.25, 0.3) is 0 Å². The van der Waals surface area contributed by atoms with Crippen molar-refractivity contribution in [1.82, 2.24) is 0 Å². The van der Waals surface area contributed by atoms with E-state index >= 15 is 0 Å². The van der Waals surface area contributed by atoms with Gasteiger partial charge in [0.25, 0.3) is 0 Å². The maximum atomic E-state index is 12.5. The average molecular weight is 194 g/mol. The molecule has 74 valence electrons. The quantitative estimate of drug-likeness (QED) is 0.747. The van der Waals surface area contributed by atoms with Crippen molar-refractivity contribution in [2.24, 2.45) is 0 Å². The minimum Gasteiger partial charge on any atom is -0.481 e. The second kappa shape index (κ2) is 4.56. The molecule has 0 saturated heterocycles. The van der Waals surface area contributed by atoms with Crippen LogP contribution in [-0.2, 0) is 11.2 Å². The van der Waals surface area contributed by atoms with Crippen LogP contribution >= 0.6 is 0 Å². The van der Waals surface area contributed by atoms with Gasteiger partial charge in [0.2, 0.25) is 0 Å². The lowest BCUT2D eigenvalue weighted by Gasteiger charge is -2.02. The molecular weight excluding hydrogens is 183 g/mol. The molecule has 1 rings (SSSR count). The molecule has 14 heavy (non-hydrogen) atoms. The minimum atomic E-state index is -0.892. The molecule has 1 aromatic rings. The van der Waals surface area contributed by atoms with E-state index < -0.39 is 5.97 Å². The molecule has 0 heterocycles. The summed E-state index contributed by atoms with van der Waals surface area (Å²) in [5.74, 6) is -1.19. The van der Waals surface area contributed by atoms with E-state index in [1.54, 1.807) is 12.1 Å². The number of aliphatic carboxylic acids is 1. The fourth-order valence-corrected chi connectivity index (χ4v) is 1.17. The third-order valence-electron chi connectivity index (χ3n) is 1.77. The summed E-state index contributed by atoms with van der Waals surface area (Å²) in [5, 5.41) is 8.49. The van der Waals surface area contributed by atoms with Gasteiger partial charge in [-0.05, 0) is 24.1 Å². The van der Waals surface area contributed by atoms with Crippen LogP contribution in [0.4, 0.5) is 4.39 Å². The van der Waals surface area contributed by atoms with E-state index in [2.05, 4.69) is 6.58 Å². The topological polar surface area (TPSA) is 37.3 Å². The van der Waals surface area contributed by atoms with E-state index in [-0.39, 0.29) is 12.2 Å². The molecule has 0 aliphatic heterocycles. The molecule has 0 amide bonds. The van der Waals surface area contributed by atoms with Crippen LogP contribution in [0.1, 0.15) is 12.0 Å². The third-order valence-corrected chi connectivity index (χ3v) is 1.77. The van der Waals surface area contributed by atoms with Crippen LogP contribution in [-0.4, -0.2) is 11.1 Å². The van der Waals surface area contributed by atoms with Gasteiger partial charge in [-0.1, -0.05) is 24.3 Å². The second-order valence-electron chi connectivity index (χ2n) is 3.12. The molecule has 0 aliphatic rings. The minimum absolute atomic E-state index is 0.0443. The van der Waals surface area contributed by atoms with Crippen molar-refractivity contribution >= 4 is 5.97 Å². The molecular formula is C11H11FO2. The molecule has 0 unspecified atom stereocenters. The zero-order valence-electron chi connectivity index (χ0n) is 7.66. The Hall–Kier alpha value is -1.64. The lowest BCUT2D eigenvalue weighted by atomic mass is 10.0. The summed E-state index contributed by atoms with van der Waals surface area (Å²) in [4.78, 5) is 10.3. The first kappa shape index (κ1) is 10.4. The summed E-state index contributed by atoms with van der Waals surface area (Å²) in [6.07, 6.45) is 0.434. The maximum Gasteiger partial charge on any atom is 0.307 e. The first-order valence-corrected chi connectivity index (χ1v) is 4.21. The van der Waals surface area contributed by atoms with Crippen LogP contribution in [0.5, 0.6) is 0 Å². The number of rotatable bonds is 4. The number of benzene rings is 1. The Balaban J connectivity index is 2.56. The van der Waals surface area contributed by atoms with E-state index in [0.717, 1.165) is 5.56 Å². The van der Waals surface area contributed by atoms with Gasteiger partial charge in [0.1, 0.15) is 5.82 Å². The van der Waals surface area contributed by atoms with E-state index in [1.807, 2.05) is 0 Å². The third kappa shape index (κ3) is 3.39. The molecule has 1 aromatic carbocycles. The number of carbonyl (C=O) groups is 1. The highest BCUT2D eigenvalue weighted by Crippen LogP contribution is 2.10. The number of hydrogen-bond acceptors (Lipinski definition) is 1. The largest absolute Gasteiger partial charge is 0.481 e. The molecule has 0 fully saturated rings. The molecule has 3 heteroatoms. The monoisotopic (exact) mass is 194 g/mol. The van der Waals surface area contributed by atoms with Crippen molar-refractivity contribution in [3.05, 3.63) is 47.8 Å². The zero-order chi connectivity index (χ0) is 10.6. The standard InChI is InChI=1S/C11H11FO2/c1-8(7-11(13)14)6-9-2-4-10(12)5-3-9/h2-5H,1,6-7H2,(H,13,14). The van der Waals surface area contributed by atoms with E-state index in [4.69, 9.17) is 5.11 Å². The Morgan fingerprint density at radius 3 is 2.43 bits per heavy atom. The molecule has 2 nitrogen and oxygen atoms in total. The van der Waals surface area contributed by atoms with Gasteiger partial charge in [-0.15, -0.1) is 0 Å². The van der Waals surface area contributed by atoms with Gasteiger partial charge in [-0.2, -0.15) is 0 Å². The van der Waals surface area contributed by atoms with Crippen LogP contribution in [0.3, 0.4) is 0 Å². The predicted octanol–water partition coefficient (Wildman–Crippen LogP) is 2.40. The first-order chi connectivity index (χ1) is 6.58. The summed E-state index contributed by atoms with van der Waals surface area (Å²) in [5.41, 5.74) is 1.49. The normalized spacial score (nSPS) is 9.79. The Labute approximate surface area is 81.7 Å². The maximum absolute atomic E-state index is 12.5. The number of carboxylic acid groups (broad SMARTS) is 1. The van der Waals surface area contributed by atoms with E-state index in [9.17, 15) is 9.18 Å². The first-order valence-electron chi connectivity index (χ1n) is 4.21. The van der Waals surface area contributed by atoms with Crippen molar-refractivity contribution < 1.29 is 14.3 Å². The van der Waals surface area contributed by atoms with E-state index in [1.165, 1.54) is 12.1 Å². The van der Waals surface area contributed by atoms with Crippen molar-refractivity contribution in [2.45, 2.75) is 12.8 Å². The summed E-state index contributed by atoms with van der Waals surface area (Å²) in [6, 6.07) is 5.96. The smallest absolute Gasteiger partial charge is 0.307 e. The van der Waals surface area contributed by atoms with Gasteiger partial charge >= 0.3 is 5.97 Å². The predicted molar refractivity (Wildman–Crippen MR) is 51.5 cm³/mol. The second-order valence-corrected chi connectivity index (χ2v) is 3.12. The van der Waals surface area contributed by atoms with Crippen molar-refractivity contribution in [3.63, 3.8) is 0 Å². The summed E-state index contributed by atoms with van der Waals surface area (Å²) >= 11 is 0. The fourth-order valence-electron chi connectivity index (χ4n) is 1.17. The molecule has 0 atom stereocenters. The van der Waals surface area contributed by atoms with Gasteiger partial charge in [0.15, 0.2) is 0 Å².